The minimum Gasteiger partial charge on any atom is -0.406 e. The summed E-state index contributed by atoms with van der Waals surface area (Å²) in [5.41, 5.74) is 7.58. The summed E-state index contributed by atoms with van der Waals surface area (Å²) in [6, 6.07) is 12.6. The summed E-state index contributed by atoms with van der Waals surface area (Å²) < 4.78 is 40.6. The molecule has 3 rings (SSSR count). The van der Waals surface area contributed by atoms with Gasteiger partial charge in [0.25, 0.3) is 0 Å². The summed E-state index contributed by atoms with van der Waals surface area (Å²) in [4.78, 5) is 26.1. The summed E-state index contributed by atoms with van der Waals surface area (Å²) >= 11 is 0. The SMILES string of the molecule is NC(=O)C1CCCN(Cc2ccccc2NC(=O)Cc2ccc(OC(F)(F)F)cc2)C1. The number of nitrogens with one attached hydrogen (secondary N) is 1. The zero-order valence-corrected chi connectivity index (χ0v) is 16.8. The van der Waals surface area contributed by atoms with E-state index in [1.165, 1.54) is 24.3 Å². The number of piperidine rings is 1. The molecule has 0 bridgehead atoms. The number of alkyl halides is 3. The first kappa shape index (κ1) is 22.6. The van der Waals surface area contributed by atoms with E-state index in [0.717, 1.165) is 24.9 Å². The number of benzene rings is 2. The largest absolute Gasteiger partial charge is 0.573 e. The van der Waals surface area contributed by atoms with Crippen LogP contribution in [-0.2, 0) is 22.6 Å². The predicted octanol–water partition coefficient (Wildman–Crippen LogP) is 3.46. The van der Waals surface area contributed by atoms with Crippen LogP contribution in [0.2, 0.25) is 0 Å². The highest BCUT2D eigenvalue weighted by Gasteiger charge is 2.31. The third kappa shape index (κ3) is 6.99. The molecule has 0 aliphatic carbocycles. The molecule has 166 valence electrons. The summed E-state index contributed by atoms with van der Waals surface area (Å²) in [5, 5.41) is 2.87. The Morgan fingerprint density at radius 2 is 1.84 bits per heavy atom. The average molecular weight is 435 g/mol. The van der Waals surface area contributed by atoms with Gasteiger partial charge < -0.3 is 15.8 Å². The topological polar surface area (TPSA) is 84.7 Å². The Labute approximate surface area is 178 Å². The Hall–Kier alpha value is -3.07. The smallest absolute Gasteiger partial charge is 0.406 e. The van der Waals surface area contributed by atoms with Gasteiger partial charge in [-0.25, -0.2) is 0 Å². The van der Waals surface area contributed by atoms with E-state index in [1.54, 1.807) is 6.07 Å². The molecule has 0 spiro atoms. The highest BCUT2D eigenvalue weighted by atomic mass is 19.4. The maximum atomic E-state index is 12.5. The molecule has 1 heterocycles. The van der Waals surface area contributed by atoms with Crippen molar-refractivity contribution in [1.82, 2.24) is 4.90 Å². The van der Waals surface area contributed by atoms with Gasteiger partial charge in [0.05, 0.1) is 12.3 Å². The first-order chi connectivity index (χ1) is 14.7. The fraction of sp³-hybridized carbons (Fsp3) is 0.364. The lowest BCUT2D eigenvalue weighted by Crippen LogP contribution is -2.40. The van der Waals surface area contributed by atoms with Gasteiger partial charge >= 0.3 is 6.36 Å². The maximum Gasteiger partial charge on any atom is 0.573 e. The molecule has 1 saturated heterocycles. The number of halogens is 3. The number of rotatable bonds is 7. The number of nitrogens with zero attached hydrogens (tertiary/aromatic N) is 1. The van der Waals surface area contributed by atoms with Crippen molar-refractivity contribution >= 4 is 17.5 Å². The second kappa shape index (κ2) is 9.82. The molecule has 0 aromatic heterocycles. The Kier molecular flexibility index (Phi) is 7.17. The van der Waals surface area contributed by atoms with Crippen LogP contribution in [0.25, 0.3) is 0 Å². The molecule has 0 saturated carbocycles. The molecule has 2 aromatic carbocycles. The number of hydrogen-bond donors (Lipinski definition) is 2. The van der Waals surface area contributed by atoms with Crippen LogP contribution in [0.1, 0.15) is 24.0 Å². The summed E-state index contributed by atoms with van der Waals surface area (Å²) in [6.07, 6.45) is -3.07. The number of anilines is 1. The van der Waals surface area contributed by atoms with E-state index >= 15 is 0 Å². The molecule has 1 unspecified atom stereocenters. The van der Waals surface area contributed by atoms with Gasteiger partial charge in [0.2, 0.25) is 11.8 Å². The lowest BCUT2D eigenvalue weighted by atomic mass is 9.97. The first-order valence-electron chi connectivity index (χ1n) is 9.94. The van der Waals surface area contributed by atoms with Gasteiger partial charge in [-0.05, 0) is 48.7 Å². The van der Waals surface area contributed by atoms with Crippen LogP contribution in [-0.4, -0.2) is 36.2 Å². The van der Waals surface area contributed by atoms with Crippen LogP contribution in [0.5, 0.6) is 5.75 Å². The van der Waals surface area contributed by atoms with Crippen LogP contribution in [0.3, 0.4) is 0 Å². The quantitative estimate of drug-likeness (QED) is 0.698. The van der Waals surface area contributed by atoms with Gasteiger partial charge in [-0.2, -0.15) is 0 Å². The van der Waals surface area contributed by atoms with Crippen molar-refractivity contribution < 1.29 is 27.5 Å². The zero-order valence-electron chi connectivity index (χ0n) is 16.8. The molecule has 6 nitrogen and oxygen atoms in total. The van der Waals surface area contributed by atoms with E-state index in [4.69, 9.17) is 5.73 Å². The molecule has 31 heavy (non-hydrogen) atoms. The Morgan fingerprint density at radius 3 is 2.52 bits per heavy atom. The van der Waals surface area contributed by atoms with Crippen LogP contribution in [0, 0.1) is 5.92 Å². The number of likely N-dealkylation sites (tertiary alicyclic amines) is 1. The van der Waals surface area contributed by atoms with Gasteiger partial charge in [0.1, 0.15) is 5.75 Å². The normalized spacial score (nSPS) is 17.2. The molecule has 0 radical (unpaired) electrons. The van der Waals surface area contributed by atoms with Crippen LogP contribution in [0.4, 0.5) is 18.9 Å². The van der Waals surface area contributed by atoms with E-state index in [1.807, 2.05) is 18.2 Å². The third-order valence-corrected chi connectivity index (χ3v) is 5.11. The van der Waals surface area contributed by atoms with Gasteiger partial charge in [0, 0.05) is 18.8 Å². The lowest BCUT2D eigenvalue weighted by molar-refractivity contribution is -0.274. The van der Waals surface area contributed by atoms with Crippen LogP contribution < -0.4 is 15.8 Å². The van der Waals surface area contributed by atoms with E-state index in [9.17, 15) is 22.8 Å². The molecular formula is C22H24F3N3O3. The molecule has 1 aliphatic heterocycles. The van der Waals surface area contributed by atoms with Crippen molar-refractivity contribution in [3.8, 4) is 5.75 Å². The minimum atomic E-state index is -4.76. The van der Waals surface area contributed by atoms with Gasteiger partial charge in [-0.3, -0.25) is 14.5 Å². The van der Waals surface area contributed by atoms with Crippen molar-refractivity contribution in [2.75, 3.05) is 18.4 Å². The lowest BCUT2D eigenvalue weighted by Gasteiger charge is -2.31. The highest BCUT2D eigenvalue weighted by Crippen LogP contribution is 2.24. The average Bonchev–Trinajstić information content (AvgIpc) is 2.70. The first-order valence-corrected chi connectivity index (χ1v) is 9.94. The van der Waals surface area contributed by atoms with Gasteiger partial charge in [-0.1, -0.05) is 30.3 Å². The third-order valence-electron chi connectivity index (χ3n) is 5.11. The van der Waals surface area contributed by atoms with Crippen molar-refractivity contribution in [3.63, 3.8) is 0 Å². The number of ether oxygens (including phenoxy) is 1. The standard InChI is InChI=1S/C22H24F3N3O3/c23-22(24,25)31-18-9-7-15(8-10-18)12-20(29)27-19-6-2-1-4-16(19)13-28-11-3-5-17(14-28)21(26)30/h1-2,4,6-10,17H,3,5,11-14H2,(H2,26,30)(H,27,29). The molecule has 1 aliphatic rings. The van der Waals surface area contributed by atoms with Gasteiger partial charge in [0.15, 0.2) is 0 Å². The van der Waals surface area contributed by atoms with Crippen LogP contribution >= 0.6 is 0 Å². The van der Waals surface area contributed by atoms with E-state index in [2.05, 4.69) is 15.0 Å². The molecule has 1 atom stereocenters. The molecule has 1 fully saturated rings. The number of carbonyl (C=O) groups excluding carboxylic acids is 2. The number of primary amides is 1. The Morgan fingerprint density at radius 1 is 1.13 bits per heavy atom. The predicted molar refractivity (Wildman–Crippen MR) is 109 cm³/mol. The van der Waals surface area contributed by atoms with E-state index in [-0.39, 0.29) is 29.9 Å². The fourth-order valence-corrected chi connectivity index (χ4v) is 3.64. The number of para-hydroxylation sites is 1. The number of nitrogens with two attached hydrogens (primary N) is 1. The number of carbonyl (C=O) groups is 2. The molecule has 9 heteroatoms. The second-order valence-corrected chi connectivity index (χ2v) is 7.55. The summed E-state index contributed by atoms with van der Waals surface area (Å²) in [7, 11) is 0. The van der Waals surface area contributed by atoms with Crippen molar-refractivity contribution in [2.24, 2.45) is 11.7 Å². The zero-order chi connectivity index (χ0) is 22.4. The molecular weight excluding hydrogens is 411 g/mol. The number of hydrogen-bond acceptors (Lipinski definition) is 4. The van der Waals surface area contributed by atoms with Crippen LogP contribution in [0.15, 0.2) is 48.5 Å². The summed E-state index contributed by atoms with van der Waals surface area (Å²) in [6.45, 7) is 2.01. The fourth-order valence-electron chi connectivity index (χ4n) is 3.64. The van der Waals surface area contributed by atoms with E-state index in [0.29, 0.717) is 24.3 Å². The van der Waals surface area contributed by atoms with E-state index < -0.39 is 6.36 Å². The monoisotopic (exact) mass is 435 g/mol. The van der Waals surface area contributed by atoms with Crippen molar-refractivity contribution in [2.45, 2.75) is 32.2 Å². The highest BCUT2D eigenvalue weighted by molar-refractivity contribution is 5.93. The Balaban J connectivity index is 1.60. The summed E-state index contributed by atoms with van der Waals surface area (Å²) in [5.74, 6) is -1.08. The molecule has 3 N–H and O–H groups in total. The van der Waals surface area contributed by atoms with Crippen molar-refractivity contribution in [3.05, 3.63) is 59.7 Å². The van der Waals surface area contributed by atoms with Crippen molar-refractivity contribution in [1.29, 1.82) is 0 Å². The Bertz CT molecular complexity index is 916. The number of amides is 2. The molecule has 2 aromatic rings. The van der Waals surface area contributed by atoms with Gasteiger partial charge in [-0.15, -0.1) is 13.2 Å². The maximum absolute atomic E-state index is 12.5. The second-order valence-electron chi connectivity index (χ2n) is 7.55. The minimum absolute atomic E-state index is 0.00803. The molecule has 2 amide bonds.